The van der Waals surface area contributed by atoms with Crippen molar-refractivity contribution in [1.82, 2.24) is 14.1 Å². The Morgan fingerprint density at radius 1 is 1.12 bits per heavy atom. The molecule has 3 heterocycles. The first-order valence-corrected chi connectivity index (χ1v) is 6.85. The molecule has 1 amide bonds. The summed E-state index contributed by atoms with van der Waals surface area (Å²) in [6.45, 7) is 0. The molecular formula is C15H12N4O5. The molecule has 0 unspecified atom stereocenters. The number of carbonyl (C=O) groups is 1. The minimum Gasteiger partial charge on any atom is -0.404 e. The van der Waals surface area contributed by atoms with Crippen LogP contribution in [0, 0.1) is 0 Å². The Kier molecular flexibility index (Phi) is 3.60. The second-order valence-electron chi connectivity index (χ2n) is 5.06. The van der Waals surface area contributed by atoms with E-state index in [4.69, 9.17) is 4.42 Å². The Labute approximate surface area is 133 Å². The standard InChI is InChI=1S/C15H12N4O5/c1-18-12(21)9-7-10(14(22)24-13(9)19(2)15(18)23)17-11(20)8-3-5-16-6-4-8/h3-7H,1-2H3,(H,17,20). The topological polar surface area (TPSA) is 116 Å². The first-order valence-electron chi connectivity index (χ1n) is 6.85. The summed E-state index contributed by atoms with van der Waals surface area (Å²) in [6, 6.07) is 4.14. The number of hydrogen-bond donors (Lipinski definition) is 1. The maximum Gasteiger partial charge on any atom is 0.361 e. The predicted molar refractivity (Wildman–Crippen MR) is 85.2 cm³/mol. The summed E-state index contributed by atoms with van der Waals surface area (Å²) in [5, 5.41) is 2.39. The van der Waals surface area contributed by atoms with Crippen LogP contribution in [0.1, 0.15) is 10.4 Å². The van der Waals surface area contributed by atoms with Gasteiger partial charge in [0.15, 0.2) is 0 Å². The molecule has 3 rings (SSSR count). The van der Waals surface area contributed by atoms with Gasteiger partial charge in [-0.3, -0.25) is 23.7 Å². The van der Waals surface area contributed by atoms with Crippen LogP contribution < -0.4 is 22.2 Å². The number of rotatable bonds is 2. The summed E-state index contributed by atoms with van der Waals surface area (Å²) in [4.78, 5) is 52.0. The third-order valence-corrected chi connectivity index (χ3v) is 3.53. The Morgan fingerprint density at radius 2 is 1.79 bits per heavy atom. The van der Waals surface area contributed by atoms with E-state index in [1.807, 2.05) is 0 Å². The minimum atomic E-state index is -0.867. The van der Waals surface area contributed by atoms with Gasteiger partial charge in [-0.1, -0.05) is 0 Å². The monoisotopic (exact) mass is 328 g/mol. The van der Waals surface area contributed by atoms with Gasteiger partial charge < -0.3 is 9.73 Å². The lowest BCUT2D eigenvalue weighted by Crippen LogP contribution is -2.37. The zero-order chi connectivity index (χ0) is 17.4. The third kappa shape index (κ3) is 2.41. The summed E-state index contributed by atoms with van der Waals surface area (Å²) < 4.78 is 6.98. The number of fused-ring (bicyclic) bond motifs is 1. The average molecular weight is 328 g/mol. The van der Waals surface area contributed by atoms with Crippen molar-refractivity contribution >= 4 is 22.7 Å². The molecule has 0 bridgehead atoms. The number of pyridine rings is 1. The Hall–Kier alpha value is -3.49. The maximum absolute atomic E-state index is 12.2. The average Bonchev–Trinajstić information content (AvgIpc) is 2.60. The Morgan fingerprint density at radius 3 is 2.46 bits per heavy atom. The summed E-state index contributed by atoms with van der Waals surface area (Å²) in [5.74, 6) is -0.550. The van der Waals surface area contributed by atoms with Crippen molar-refractivity contribution in [3.63, 3.8) is 0 Å². The van der Waals surface area contributed by atoms with E-state index in [2.05, 4.69) is 10.3 Å². The summed E-state index contributed by atoms with van der Waals surface area (Å²) in [6.07, 6.45) is 2.87. The molecule has 1 N–H and O–H groups in total. The highest BCUT2D eigenvalue weighted by atomic mass is 16.4. The van der Waals surface area contributed by atoms with Gasteiger partial charge in [-0.05, 0) is 18.2 Å². The lowest BCUT2D eigenvalue weighted by Gasteiger charge is -2.08. The fourth-order valence-corrected chi connectivity index (χ4v) is 2.23. The molecule has 122 valence electrons. The molecule has 0 aliphatic carbocycles. The number of hydrogen-bond acceptors (Lipinski definition) is 6. The molecule has 3 aromatic heterocycles. The molecule has 0 radical (unpaired) electrons. The second-order valence-corrected chi connectivity index (χ2v) is 5.06. The van der Waals surface area contributed by atoms with Crippen LogP contribution in [0.4, 0.5) is 5.69 Å². The number of aryl methyl sites for hydroxylation is 1. The Balaban J connectivity index is 2.16. The van der Waals surface area contributed by atoms with Crippen LogP contribution in [-0.4, -0.2) is 20.0 Å². The van der Waals surface area contributed by atoms with E-state index in [0.717, 1.165) is 9.13 Å². The number of aromatic nitrogens is 3. The van der Waals surface area contributed by atoms with Crippen LogP contribution in [0.15, 0.2) is 49.4 Å². The third-order valence-electron chi connectivity index (χ3n) is 3.53. The number of nitrogens with one attached hydrogen (secondary N) is 1. The van der Waals surface area contributed by atoms with Gasteiger partial charge in [0.05, 0.1) is 0 Å². The maximum atomic E-state index is 12.2. The van der Waals surface area contributed by atoms with Gasteiger partial charge in [0.25, 0.3) is 11.5 Å². The SMILES string of the molecule is Cn1c(=O)c2cc(NC(=O)c3ccncc3)c(=O)oc2n(C)c1=O. The van der Waals surface area contributed by atoms with Crippen molar-refractivity contribution in [2.45, 2.75) is 0 Å². The highest BCUT2D eigenvalue weighted by molar-refractivity contribution is 6.04. The van der Waals surface area contributed by atoms with E-state index in [-0.39, 0.29) is 22.4 Å². The molecule has 24 heavy (non-hydrogen) atoms. The van der Waals surface area contributed by atoms with Gasteiger partial charge in [-0.2, -0.15) is 0 Å². The predicted octanol–water partition coefficient (Wildman–Crippen LogP) is -0.162. The van der Waals surface area contributed by atoms with E-state index < -0.39 is 22.8 Å². The quantitative estimate of drug-likeness (QED) is 0.698. The molecule has 0 saturated heterocycles. The molecule has 0 saturated carbocycles. The van der Waals surface area contributed by atoms with Gasteiger partial charge in [0, 0.05) is 32.1 Å². The van der Waals surface area contributed by atoms with E-state index in [1.165, 1.54) is 44.7 Å². The van der Waals surface area contributed by atoms with Crippen LogP contribution in [-0.2, 0) is 14.1 Å². The van der Waals surface area contributed by atoms with E-state index in [0.29, 0.717) is 0 Å². The van der Waals surface area contributed by atoms with Gasteiger partial charge in [0.1, 0.15) is 11.1 Å². The highest BCUT2D eigenvalue weighted by Crippen LogP contribution is 2.11. The number of carbonyl (C=O) groups excluding carboxylic acids is 1. The highest BCUT2D eigenvalue weighted by Gasteiger charge is 2.16. The molecule has 0 spiro atoms. The molecule has 0 aliphatic heterocycles. The van der Waals surface area contributed by atoms with Crippen LogP contribution in [0.2, 0.25) is 0 Å². The first kappa shape index (κ1) is 15.4. The second kappa shape index (κ2) is 5.61. The minimum absolute atomic E-state index is 0.00392. The molecular weight excluding hydrogens is 316 g/mol. The first-order chi connectivity index (χ1) is 11.4. The van der Waals surface area contributed by atoms with Crippen molar-refractivity contribution in [3.05, 3.63) is 67.4 Å². The van der Waals surface area contributed by atoms with Gasteiger partial charge in [-0.15, -0.1) is 0 Å². The molecule has 0 atom stereocenters. The van der Waals surface area contributed by atoms with E-state index >= 15 is 0 Å². The normalized spacial score (nSPS) is 10.8. The largest absolute Gasteiger partial charge is 0.404 e. The van der Waals surface area contributed by atoms with Crippen molar-refractivity contribution < 1.29 is 9.21 Å². The van der Waals surface area contributed by atoms with Crippen LogP contribution in [0.3, 0.4) is 0 Å². The molecule has 9 nitrogen and oxygen atoms in total. The molecule has 9 heteroatoms. The van der Waals surface area contributed by atoms with Crippen LogP contribution in [0.5, 0.6) is 0 Å². The van der Waals surface area contributed by atoms with E-state index in [9.17, 15) is 19.2 Å². The summed E-state index contributed by atoms with van der Waals surface area (Å²) in [7, 11) is 2.69. The zero-order valence-corrected chi connectivity index (χ0v) is 12.8. The van der Waals surface area contributed by atoms with Crippen LogP contribution >= 0.6 is 0 Å². The van der Waals surface area contributed by atoms with E-state index in [1.54, 1.807) is 0 Å². The fourth-order valence-electron chi connectivity index (χ4n) is 2.23. The molecule has 0 aromatic carbocycles. The smallest absolute Gasteiger partial charge is 0.361 e. The summed E-state index contributed by atoms with van der Waals surface area (Å²) in [5.41, 5.74) is -2.18. The fraction of sp³-hybridized carbons (Fsp3) is 0.133. The van der Waals surface area contributed by atoms with Crippen molar-refractivity contribution in [2.24, 2.45) is 14.1 Å². The van der Waals surface area contributed by atoms with Crippen LogP contribution in [0.25, 0.3) is 11.1 Å². The van der Waals surface area contributed by atoms with Gasteiger partial charge in [0.2, 0.25) is 5.71 Å². The van der Waals surface area contributed by atoms with Crippen molar-refractivity contribution in [2.75, 3.05) is 5.32 Å². The van der Waals surface area contributed by atoms with Crippen molar-refractivity contribution in [3.8, 4) is 0 Å². The lowest BCUT2D eigenvalue weighted by molar-refractivity contribution is 0.102. The molecule has 0 fully saturated rings. The number of amides is 1. The molecule has 0 aliphatic rings. The number of nitrogens with zero attached hydrogens (tertiary/aromatic N) is 3. The van der Waals surface area contributed by atoms with Crippen molar-refractivity contribution in [1.29, 1.82) is 0 Å². The lowest BCUT2D eigenvalue weighted by atomic mass is 10.2. The Bertz CT molecular complexity index is 1120. The van der Waals surface area contributed by atoms with Gasteiger partial charge in [-0.25, -0.2) is 9.59 Å². The van der Waals surface area contributed by atoms with Gasteiger partial charge >= 0.3 is 11.3 Å². The summed E-state index contributed by atoms with van der Waals surface area (Å²) >= 11 is 0. The number of anilines is 1. The molecule has 3 aromatic rings. The zero-order valence-electron chi connectivity index (χ0n) is 12.8.